The zero-order valence-electron chi connectivity index (χ0n) is 18.3. The van der Waals surface area contributed by atoms with Crippen molar-refractivity contribution < 1.29 is 32.6 Å². The Hall–Kier alpha value is -2.06. The molecule has 0 spiro atoms. The van der Waals surface area contributed by atoms with Gasteiger partial charge in [0.25, 0.3) is 0 Å². The number of aromatic hydroxyl groups is 1. The first-order valence-corrected chi connectivity index (χ1v) is 13.4. The third-order valence-electron chi connectivity index (χ3n) is 5.35. The Morgan fingerprint density at radius 3 is 2.06 bits per heavy atom. The monoisotopic (exact) mass is 471 g/mol. The number of benzene rings is 2. The maximum atomic E-state index is 12.1. The van der Waals surface area contributed by atoms with Crippen molar-refractivity contribution in [1.29, 1.82) is 0 Å². The maximum absolute atomic E-state index is 12.1. The predicted molar refractivity (Wildman–Crippen MR) is 121 cm³/mol. The van der Waals surface area contributed by atoms with E-state index in [-0.39, 0.29) is 24.3 Å². The second kappa shape index (κ2) is 9.20. The molecule has 31 heavy (non-hydrogen) atoms. The van der Waals surface area contributed by atoms with Crippen LogP contribution in [0.4, 0.5) is 5.69 Å². The van der Waals surface area contributed by atoms with Crippen molar-refractivity contribution in [3.63, 3.8) is 0 Å². The van der Waals surface area contributed by atoms with Crippen LogP contribution in [0.15, 0.2) is 30.3 Å². The normalized spacial score (nSPS) is 12.6. The summed E-state index contributed by atoms with van der Waals surface area (Å²) >= 11 is 0. The third kappa shape index (κ3) is 6.01. The molecule has 0 heterocycles. The summed E-state index contributed by atoms with van der Waals surface area (Å²) in [5.74, 6) is 0.218. The summed E-state index contributed by atoms with van der Waals surface area (Å²) in [6, 6.07) is 8.20. The van der Waals surface area contributed by atoms with E-state index in [2.05, 4.69) is 4.72 Å². The molecule has 4 N–H and O–H groups in total. The molecule has 2 aromatic rings. The van der Waals surface area contributed by atoms with E-state index in [9.17, 15) is 27.9 Å². The van der Waals surface area contributed by atoms with E-state index < -0.39 is 23.0 Å². The summed E-state index contributed by atoms with van der Waals surface area (Å²) in [5, 5.41) is 8.35. The van der Waals surface area contributed by atoms with Crippen molar-refractivity contribution in [2.45, 2.75) is 52.3 Å². The standard InChI is InChI=1S/C21H30NO7PS/c1-6-21(7-2,30(24,25)26)29-17-10-14(3)18(15(4)11-17)12-16-8-9-20(23)19(13-16)22-31(5,27)28/h8-11,13,22-23H,6-7,12H2,1-5H3,(H2,24,25,26). The van der Waals surface area contributed by atoms with Crippen LogP contribution in [0, 0.1) is 13.8 Å². The molecule has 0 aliphatic carbocycles. The molecule has 8 nitrogen and oxygen atoms in total. The molecular formula is C21H30NO7PS. The van der Waals surface area contributed by atoms with Gasteiger partial charge in [-0.05, 0) is 79.6 Å². The summed E-state index contributed by atoms with van der Waals surface area (Å²) in [7, 11) is -8.03. The number of ether oxygens (including phenoxy) is 1. The highest BCUT2D eigenvalue weighted by molar-refractivity contribution is 7.92. The molecule has 0 saturated carbocycles. The van der Waals surface area contributed by atoms with E-state index in [1.807, 2.05) is 13.8 Å². The van der Waals surface area contributed by atoms with E-state index in [1.54, 1.807) is 38.1 Å². The quantitative estimate of drug-likeness (QED) is 0.320. The average Bonchev–Trinajstić information content (AvgIpc) is 2.63. The number of hydrogen-bond donors (Lipinski definition) is 4. The molecule has 0 aromatic heterocycles. The van der Waals surface area contributed by atoms with Gasteiger partial charge in [0.15, 0.2) is 0 Å². The number of nitrogens with one attached hydrogen (secondary N) is 1. The third-order valence-corrected chi connectivity index (χ3v) is 7.73. The van der Waals surface area contributed by atoms with E-state index in [4.69, 9.17) is 4.74 Å². The van der Waals surface area contributed by atoms with Crippen LogP contribution >= 0.6 is 7.60 Å². The van der Waals surface area contributed by atoms with Gasteiger partial charge in [0.05, 0.1) is 11.9 Å². The number of phenols is 1. The van der Waals surface area contributed by atoms with E-state index in [1.165, 1.54) is 6.07 Å². The topological polar surface area (TPSA) is 133 Å². The van der Waals surface area contributed by atoms with Crippen LogP contribution in [0.25, 0.3) is 0 Å². The average molecular weight is 472 g/mol. The van der Waals surface area contributed by atoms with Crippen LogP contribution in [0.5, 0.6) is 11.5 Å². The maximum Gasteiger partial charge on any atom is 0.368 e. The van der Waals surface area contributed by atoms with Crippen LogP contribution < -0.4 is 9.46 Å². The van der Waals surface area contributed by atoms with Gasteiger partial charge >= 0.3 is 7.60 Å². The molecule has 2 aromatic carbocycles. The fraction of sp³-hybridized carbons (Fsp3) is 0.429. The molecule has 2 rings (SSSR count). The molecule has 172 valence electrons. The molecule has 0 amide bonds. The van der Waals surface area contributed by atoms with Crippen molar-refractivity contribution in [3.05, 3.63) is 52.6 Å². The number of rotatable bonds is 9. The van der Waals surface area contributed by atoms with Gasteiger partial charge < -0.3 is 19.6 Å². The van der Waals surface area contributed by atoms with E-state index in [0.29, 0.717) is 12.2 Å². The zero-order chi connectivity index (χ0) is 23.6. The lowest BCUT2D eigenvalue weighted by atomic mass is 9.95. The summed E-state index contributed by atoms with van der Waals surface area (Å²) in [5.41, 5.74) is 3.60. The SMILES string of the molecule is CCC(CC)(Oc1cc(C)c(Cc2ccc(O)c(NS(C)(=O)=O)c2)c(C)c1)P(=O)(O)O. The Labute approximate surface area is 183 Å². The summed E-state index contributed by atoms with van der Waals surface area (Å²) in [6.45, 7) is 7.12. The Bertz CT molecular complexity index is 1080. The van der Waals surface area contributed by atoms with Crippen molar-refractivity contribution in [2.75, 3.05) is 11.0 Å². The summed E-state index contributed by atoms with van der Waals surface area (Å²) in [6.07, 6.45) is 1.81. The number of anilines is 1. The Morgan fingerprint density at radius 1 is 1.06 bits per heavy atom. The highest BCUT2D eigenvalue weighted by atomic mass is 32.2. The van der Waals surface area contributed by atoms with Crippen molar-refractivity contribution in [3.8, 4) is 11.5 Å². The van der Waals surface area contributed by atoms with E-state index >= 15 is 0 Å². The molecular weight excluding hydrogens is 441 g/mol. The Kier molecular flexibility index (Phi) is 7.48. The van der Waals surface area contributed by atoms with Gasteiger partial charge in [-0.25, -0.2) is 8.42 Å². The number of hydrogen-bond acceptors (Lipinski definition) is 5. The minimum absolute atomic E-state index is 0.104. The van der Waals surface area contributed by atoms with Crippen LogP contribution in [0.3, 0.4) is 0 Å². The second-order valence-electron chi connectivity index (χ2n) is 7.74. The van der Waals surface area contributed by atoms with Crippen molar-refractivity contribution in [2.24, 2.45) is 0 Å². The van der Waals surface area contributed by atoms with Crippen LogP contribution in [-0.4, -0.2) is 34.9 Å². The predicted octanol–water partition coefficient (Wildman–Crippen LogP) is 4.04. The minimum atomic E-state index is -4.50. The lowest BCUT2D eigenvalue weighted by molar-refractivity contribution is 0.108. The highest BCUT2D eigenvalue weighted by Crippen LogP contribution is 2.55. The van der Waals surface area contributed by atoms with Gasteiger partial charge in [-0.2, -0.15) is 0 Å². The number of phenolic OH excluding ortho intramolecular Hbond substituents is 1. The first kappa shape index (κ1) is 25.2. The van der Waals surface area contributed by atoms with Gasteiger partial charge in [-0.1, -0.05) is 19.9 Å². The Balaban J connectivity index is 2.38. The van der Waals surface area contributed by atoms with Crippen molar-refractivity contribution >= 4 is 23.3 Å². The zero-order valence-corrected chi connectivity index (χ0v) is 20.0. The number of aryl methyl sites for hydroxylation is 2. The fourth-order valence-electron chi connectivity index (χ4n) is 3.56. The number of sulfonamides is 1. The van der Waals surface area contributed by atoms with Gasteiger partial charge in [0.2, 0.25) is 15.4 Å². The lowest BCUT2D eigenvalue weighted by Gasteiger charge is -2.33. The minimum Gasteiger partial charge on any atom is -0.506 e. The molecule has 0 radical (unpaired) electrons. The fourth-order valence-corrected chi connectivity index (χ4v) is 5.17. The molecule has 0 aliphatic rings. The molecule has 0 aliphatic heterocycles. The molecule has 10 heteroatoms. The molecule has 0 unspecified atom stereocenters. The van der Waals surface area contributed by atoms with Crippen LogP contribution in [0.1, 0.15) is 48.9 Å². The smallest absolute Gasteiger partial charge is 0.368 e. The molecule has 0 saturated heterocycles. The van der Waals surface area contributed by atoms with Gasteiger partial charge in [-0.3, -0.25) is 9.29 Å². The highest BCUT2D eigenvalue weighted by Gasteiger charge is 2.46. The van der Waals surface area contributed by atoms with Gasteiger partial charge in [-0.15, -0.1) is 0 Å². The molecule has 0 atom stereocenters. The largest absolute Gasteiger partial charge is 0.506 e. The first-order valence-electron chi connectivity index (χ1n) is 9.85. The van der Waals surface area contributed by atoms with Crippen LogP contribution in [-0.2, 0) is 21.0 Å². The van der Waals surface area contributed by atoms with Gasteiger partial charge in [0, 0.05) is 0 Å². The van der Waals surface area contributed by atoms with E-state index in [0.717, 1.165) is 28.5 Å². The first-order chi connectivity index (χ1) is 14.2. The van der Waals surface area contributed by atoms with Gasteiger partial charge in [0.1, 0.15) is 11.5 Å². The second-order valence-corrected chi connectivity index (χ2v) is 11.4. The summed E-state index contributed by atoms with van der Waals surface area (Å²) in [4.78, 5) is 19.6. The van der Waals surface area contributed by atoms with Crippen LogP contribution in [0.2, 0.25) is 0 Å². The lowest BCUT2D eigenvalue weighted by Crippen LogP contribution is -2.34. The van der Waals surface area contributed by atoms with Crippen molar-refractivity contribution in [1.82, 2.24) is 0 Å². The Morgan fingerprint density at radius 2 is 1.61 bits per heavy atom. The molecule has 0 fully saturated rings. The molecule has 0 bridgehead atoms. The summed E-state index contributed by atoms with van der Waals surface area (Å²) < 4.78 is 43.2.